The van der Waals surface area contributed by atoms with Crippen molar-refractivity contribution in [3.63, 3.8) is 0 Å². The third kappa shape index (κ3) is 5.86. The number of halogens is 1. The first kappa shape index (κ1) is 20.0. The lowest BCUT2D eigenvalue weighted by Crippen LogP contribution is -2.12. The molecule has 6 heteroatoms. The van der Waals surface area contributed by atoms with Crippen LogP contribution in [0.4, 0.5) is 4.39 Å². The molecule has 0 heterocycles. The summed E-state index contributed by atoms with van der Waals surface area (Å²) in [4.78, 5) is 11.9. The standard InChI is InChI=1S/C21H20FNO4/c1-14(2)27-21(24)17(12-23)10-16-6-9-19(20(11-16)25-3)26-13-15-4-7-18(22)8-5-15/h4-11,14H,13H2,1-3H3/b17-10+. The Morgan fingerprint density at radius 2 is 1.89 bits per heavy atom. The molecule has 0 aliphatic carbocycles. The second kappa shape index (κ2) is 9.39. The van der Waals surface area contributed by atoms with E-state index < -0.39 is 5.97 Å². The molecule has 2 aromatic rings. The number of nitriles is 1. The highest BCUT2D eigenvalue weighted by molar-refractivity contribution is 5.98. The van der Waals surface area contributed by atoms with Crippen molar-refractivity contribution >= 4 is 12.0 Å². The van der Waals surface area contributed by atoms with E-state index in [1.54, 1.807) is 44.2 Å². The van der Waals surface area contributed by atoms with E-state index in [2.05, 4.69) is 0 Å². The summed E-state index contributed by atoms with van der Waals surface area (Å²) in [7, 11) is 1.49. The van der Waals surface area contributed by atoms with Crippen molar-refractivity contribution in [2.75, 3.05) is 7.11 Å². The maximum absolute atomic E-state index is 13.0. The van der Waals surface area contributed by atoms with E-state index in [1.165, 1.54) is 25.3 Å². The van der Waals surface area contributed by atoms with Crippen LogP contribution < -0.4 is 9.47 Å². The fourth-order valence-electron chi connectivity index (χ4n) is 2.22. The van der Waals surface area contributed by atoms with E-state index in [9.17, 15) is 14.4 Å². The summed E-state index contributed by atoms with van der Waals surface area (Å²) < 4.78 is 29.0. The molecule has 0 bridgehead atoms. The molecule has 0 unspecified atom stereocenters. The highest BCUT2D eigenvalue weighted by atomic mass is 19.1. The van der Waals surface area contributed by atoms with Gasteiger partial charge in [0.25, 0.3) is 0 Å². The van der Waals surface area contributed by atoms with Crippen LogP contribution in [0.25, 0.3) is 6.08 Å². The van der Waals surface area contributed by atoms with Gasteiger partial charge >= 0.3 is 5.97 Å². The first-order valence-corrected chi connectivity index (χ1v) is 8.31. The zero-order valence-corrected chi connectivity index (χ0v) is 15.4. The van der Waals surface area contributed by atoms with Crippen LogP contribution in [0.1, 0.15) is 25.0 Å². The minimum atomic E-state index is -0.678. The lowest BCUT2D eigenvalue weighted by Gasteiger charge is -2.12. The maximum Gasteiger partial charge on any atom is 0.349 e. The average molecular weight is 369 g/mol. The lowest BCUT2D eigenvalue weighted by atomic mass is 10.1. The first-order chi connectivity index (χ1) is 12.9. The molecule has 5 nitrogen and oxygen atoms in total. The van der Waals surface area contributed by atoms with Gasteiger partial charge in [-0.05, 0) is 55.3 Å². The van der Waals surface area contributed by atoms with Crippen molar-refractivity contribution in [3.8, 4) is 17.6 Å². The Kier molecular flexibility index (Phi) is 6.95. The molecule has 2 aromatic carbocycles. The molecule has 0 amide bonds. The predicted molar refractivity (Wildman–Crippen MR) is 98.5 cm³/mol. The minimum Gasteiger partial charge on any atom is -0.493 e. The molecule has 0 spiro atoms. The molecule has 140 valence electrons. The third-order valence-electron chi connectivity index (χ3n) is 3.49. The summed E-state index contributed by atoms with van der Waals surface area (Å²) in [5.41, 5.74) is 1.30. The highest BCUT2D eigenvalue weighted by Crippen LogP contribution is 2.29. The van der Waals surface area contributed by atoms with Gasteiger partial charge in [0.1, 0.15) is 24.1 Å². The molecular weight excluding hydrogens is 349 g/mol. The quantitative estimate of drug-likeness (QED) is 0.414. The first-order valence-electron chi connectivity index (χ1n) is 8.31. The zero-order chi connectivity index (χ0) is 19.8. The molecular formula is C21H20FNO4. The number of carbonyl (C=O) groups excluding carboxylic acids is 1. The molecule has 0 saturated carbocycles. The Morgan fingerprint density at radius 3 is 2.48 bits per heavy atom. The van der Waals surface area contributed by atoms with E-state index in [1.807, 2.05) is 6.07 Å². The van der Waals surface area contributed by atoms with Crippen molar-refractivity contribution in [2.45, 2.75) is 26.6 Å². The van der Waals surface area contributed by atoms with Crippen LogP contribution in [-0.2, 0) is 16.1 Å². The van der Waals surface area contributed by atoms with Crippen molar-refractivity contribution in [1.29, 1.82) is 5.26 Å². The number of nitrogens with zero attached hydrogens (tertiary/aromatic N) is 1. The molecule has 2 rings (SSSR count). The van der Waals surface area contributed by atoms with Crippen LogP contribution in [0.5, 0.6) is 11.5 Å². The second-order valence-electron chi connectivity index (χ2n) is 5.95. The molecule has 0 radical (unpaired) electrons. The summed E-state index contributed by atoms with van der Waals surface area (Å²) in [6.45, 7) is 3.67. The molecule has 0 N–H and O–H groups in total. The summed E-state index contributed by atoms with van der Waals surface area (Å²) in [6.07, 6.45) is 1.11. The molecule has 27 heavy (non-hydrogen) atoms. The van der Waals surface area contributed by atoms with Gasteiger partial charge in [0, 0.05) is 0 Å². The lowest BCUT2D eigenvalue weighted by molar-refractivity contribution is -0.142. The topological polar surface area (TPSA) is 68.5 Å². The highest BCUT2D eigenvalue weighted by Gasteiger charge is 2.13. The van der Waals surface area contributed by atoms with Gasteiger partial charge < -0.3 is 14.2 Å². The SMILES string of the molecule is COc1cc(/C=C(\C#N)C(=O)OC(C)C)ccc1OCc1ccc(F)cc1. The van der Waals surface area contributed by atoms with Gasteiger partial charge in [0.15, 0.2) is 11.5 Å². The number of carbonyl (C=O) groups is 1. The summed E-state index contributed by atoms with van der Waals surface area (Å²) in [5, 5.41) is 9.18. The normalized spacial score (nSPS) is 11.0. The van der Waals surface area contributed by atoms with E-state index in [0.717, 1.165) is 5.56 Å². The van der Waals surface area contributed by atoms with Gasteiger partial charge in [-0.15, -0.1) is 0 Å². The predicted octanol–water partition coefficient (Wildman–Crippen LogP) is 4.27. The Bertz CT molecular complexity index is 867. The maximum atomic E-state index is 13.0. The average Bonchev–Trinajstić information content (AvgIpc) is 2.65. The largest absolute Gasteiger partial charge is 0.493 e. The number of methoxy groups -OCH3 is 1. The van der Waals surface area contributed by atoms with Crippen LogP contribution in [0, 0.1) is 17.1 Å². The van der Waals surface area contributed by atoms with Gasteiger partial charge in [-0.2, -0.15) is 5.26 Å². The van der Waals surface area contributed by atoms with E-state index >= 15 is 0 Å². The number of benzene rings is 2. The van der Waals surface area contributed by atoms with Gasteiger partial charge in [-0.25, -0.2) is 9.18 Å². The van der Waals surface area contributed by atoms with Crippen molar-refractivity contribution in [1.82, 2.24) is 0 Å². The molecule has 0 aliphatic rings. The Balaban J connectivity index is 2.17. The fraction of sp³-hybridized carbons (Fsp3) is 0.238. The van der Waals surface area contributed by atoms with Crippen molar-refractivity contribution in [2.24, 2.45) is 0 Å². The number of hydrogen-bond donors (Lipinski definition) is 0. The van der Waals surface area contributed by atoms with Gasteiger partial charge in [-0.1, -0.05) is 18.2 Å². The van der Waals surface area contributed by atoms with Gasteiger partial charge in [-0.3, -0.25) is 0 Å². The smallest absolute Gasteiger partial charge is 0.349 e. The van der Waals surface area contributed by atoms with E-state index in [0.29, 0.717) is 17.1 Å². The Hall–Kier alpha value is -3.33. The van der Waals surface area contributed by atoms with Crippen LogP contribution in [0.3, 0.4) is 0 Å². The fourth-order valence-corrected chi connectivity index (χ4v) is 2.22. The van der Waals surface area contributed by atoms with E-state index in [4.69, 9.17) is 14.2 Å². The molecule has 0 aliphatic heterocycles. The van der Waals surface area contributed by atoms with E-state index in [-0.39, 0.29) is 24.1 Å². The van der Waals surface area contributed by atoms with Crippen LogP contribution in [0.15, 0.2) is 48.0 Å². The molecule has 0 saturated heterocycles. The second-order valence-corrected chi connectivity index (χ2v) is 5.95. The summed E-state index contributed by atoms with van der Waals surface area (Å²) in [5.74, 6) is -0.0533. The van der Waals surface area contributed by atoms with Crippen LogP contribution in [-0.4, -0.2) is 19.2 Å². The van der Waals surface area contributed by atoms with Crippen molar-refractivity contribution in [3.05, 3.63) is 65.0 Å². The molecule has 0 aromatic heterocycles. The third-order valence-corrected chi connectivity index (χ3v) is 3.49. The van der Waals surface area contributed by atoms with Crippen molar-refractivity contribution < 1.29 is 23.4 Å². The van der Waals surface area contributed by atoms with Gasteiger partial charge in [0.2, 0.25) is 0 Å². The van der Waals surface area contributed by atoms with Crippen LogP contribution in [0.2, 0.25) is 0 Å². The summed E-state index contributed by atoms with van der Waals surface area (Å²) >= 11 is 0. The number of ether oxygens (including phenoxy) is 3. The Labute approximate surface area is 157 Å². The molecule has 0 atom stereocenters. The monoisotopic (exact) mass is 369 g/mol. The van der Waals surface area contributed by atoms with Gasteiger partial charge in [0.05, 0.1) is 13.2 Å². The minimum absolute atomic E-state index is 0.106. The molecule has 0 fully saturated rings. The number of rotatable bonds is 7. The summed E-state index contributed by atoms with van der Waals surface area (Å²) in [6, 6.07) is 12.9. The zero-order valence-electron chi connectivity index (χ0n) is 15.4. The number of hydrogen-bond acceptors (Lipinski definition) is 5. The Morgan fingerprint density at radius 1 is 1.19 bits per heavy atom. The van der Waals surface area contributed by atoms with Crippen LogP contribution >= 0.6 is 0 Å². The number of esters is 1.